The van der Waals surface area contributed by atoms with Crippen LogP contribution >= 0.6 is 11.3 Å². The number of nitrogens with zero attached hydrogens (tertiary/aromatic N) is 4. The van der Waals surface area contributed by atoms with E-state index in [0.717, 1.165) is 30.8 Å². The summed E-state index contributed by atoms with van der Waals surface area (Å²) in [7, 11) is 0. The van der Waals surface area contributed by atoms with Crippen LogP contribution in [0.2, 0.25) is 0 Å². The fourth-order valence-electron chi connectivity index (χ4n) is 4.72. The van der Waals surface area contributed by atoms with Gasteiger partial charge in [-0.3, -0.25) is 14.9 Å². The van der Waals surface area contributed by atoms with Gasteiger partial charge in [-0.2, -0.15) is 10.1 Å². The number of carbonyl (C=O) groups excluding carboxylic acids is 2. The quantitative estimate of drug-likeness (QED) is 0.335. The highest BCUT2D eigenvalue weighted by Crippen LogP contribution is 2.33. The molecule has 2 amide bonds. The SMILES string of the molecule is Cc1ccc(C(=O)Nc2nc3c(s2)c(C(=O)N[C@H](CN2CCCC2)c2ccccc2)nn3C(C)(C)C)cc1. The van der Waals surface area contributed by atoms with Gasteiger partial charge in [0.1, 0.15) is 4.70 Å². The van der Waals surface area contributed by atoms with E-state index in [9.17, 15) is 9.59 Å². The van der Waals surface area contributed by atoms with Gasteiger partial charge in [-0.25, -0.2) is 4.68 Å². The van der Waals surface area contributed by atoms with E-state index in [4.69, 9.17) is 5.10 Å². The van der Waals surface area contributed by atoms with Crippen LogP contribution in [0.1, 0.15) is 71.6 Å². The molecule has 0 bridgehead atoms. The molecule has 1 fully saturated rings. The van der Waals surface area contributed by atoms with Crippen molar-refractivity contribution in [2.24, 2.45) is 0 Å². The number of benzene rings is 2. The highest BCUT2D eigenvalue weighted by molar-refractivity contribution is 7.22. The molecule has 8 nitrogen and oxygen atoms in total. The minimum Gasteiger partial charge on any atom is -0.342 e. The fraction of sp³-hybridized carbons (Fsp3) is 0.379. The molecule has 5 rings (SSSR count). The molecule has 0 spiro atoms. The number of hydrogen-bond acceptors (Lipinski definition) is 6. The monoisotopic (exact) mass is 530 g/mol. The molecule has 0 unspecified atom stereocenters. The topological polar surface area (TPSA) is 92.2 Å². The summed E-state index contributed by atoms with van der Waals surface area (Å²) in [6.45, 7) is 10.9. The molecular formula is C29H34N6O2S. The Balaban J connectivity index is 1.45. The first-order valence-corrected chi connectivity index (χ1v) is 13.9. The molecule has 0 radical (unpaired) electrons. The molecule has 1 saturated heterocycles. The number of fused-ring (bicyclic) bond motifs is 1. The first-order valence-electron chi connectivity index (χ1n) is 13.1. The molecule has 0 aliphatic carbocycles. The van der Waals surface area contributed by atoms with Gasteiger partial charge in [-0.15, -0.1) is 0 Å². The van der Waals surface area contributed by atoms with Crippen LogP contribution in [0, 0.1) is 6.92 Å². The zero-order valence-electron chi connectivity index (χ0n) is 22.3. The Morgan fingerprint density at radius 1 is 1.00 bits per heavy atom. The molecule has 1 aliphatic heterocycles. The molecule has 4 aromatic rings. The molecule has 2 aromatic carbocycles. The largest absolute Gasteiger partial charge is 0.342 e. The minimum absolute atomic E-state index is 0.162. The van der Waals surface area contributed by atoms with Crippen LogP contribution in [0.5, 0.6) is 0 Å². The van der Waals surface area contributed by atoms with Crippen LogP contribution < -0.4 is 10.6 Å². The first-order chi connectivity index (χ1) is 18.2. The van der Waals surface area contributed by atoms with E-state index in [0.29, 0.717) is 26.7 Å². The van der Waals surface area contributed by atoms with E-state index in [1.54, 1.807) is 16.8 Å². The van der Waals surface area contributed by atoms with E-state index in [1.165, 1.54) is 24.2 Å². The second-order valence-corrected chi connectivity index (χ2v) is 11.9. The molecule has 9 heteroatoms. The summed E-state index contributed by atoms with van der Waals surface area (Å²) in [5.74, 6) is -0.483. The molecule has 0 saturated carbocycles. The average molecular weight is 531 g/mol. The van der Waals surface area contributed by atoms with Gasteiger partial charge in [0.2, 0.25) is 0 Å². The number of anilines is 1. The van der Waals surface area contributed by atoms with Gasteiger partial charge in [0, 0.05) is 12.1 Å². The fourth-order valence-corrected chi connectivity index (χ4v) is 5.64. The number of thiazole rings is 1. The van der Waals surface area contributed by atoms with Crippen molar-refractivity contribution in [3.05, 3.63) is 77.0 Å². The Morgan fingerprint density at radius 3 is 2.34 bits per heavy atom. The Hall–Kier alpha value is -3.56. The van der Waals surface area contributed by atoms with Crippen molar-refractivity contribution < 1.29 is 9.59 Å². The summed E-state index contributed by atoms with van der Waals surface area (Å²) >= 11 is 1.27. The van der Waals surface area contributed by atoms with Crippen molar-refractivity contribution in [1.29, 1.82) is 0 Å². The smallest absolute Gasteiger partial charge is 0.273 e. The summed E-state index contributed by atoms with van der Waals surface area (Å²) in [5, 5.41) is 11.3. The molecule has 2 aromatic heterocycles. The van der Waals surface area contributed by atoms with Crippen LogP contribution in [-0.4, -0.2) is 51.1 Å². The predicted molar refractivity (Wildman–Crippen MR) is 152 cm³/mol. The van der Waals surface area contributed by atoms with Gasteiger partial charge >= 0.3 is 0 Å². The number of likely N-dealkylation sites (tertiary alicyclic amines) is 1. The maximum atomic E-state index is 13.7. The van der Waals surface area contributed by atoms with Crippen LogP contribution in [-0.2, 0) is 5.54 Å². The van der Waals surface area contributed by atoms with E-state index in [2.05, 4.69) is 32.7 Å². The van der Waals surface area contributed by atoms with Crippen molar-refractivity contribution in [2.75, 3.05) is 25.0 Å². The highest BCUT2D eigenvalue weighted by Gasteiger charge is 2.29. The van der Waals surface area contributed by atoms with Crippen molar-refractivity contribution in [2.45, 2.75) is 52.1 Å². The van der Waals surface area contributed by atoms with Gasteiger partial charge in [0.15, 0.2) is 16.5 Å². The van der Waals surface area contributed by atoms with Crippen molar-refractivity contribution >= 4 is 38.6 Å². The predicted octanol–water partition coefficient (Wildman–Crippen LogP) is 5.38. The van der Waals surface area contributed by atoms with Crippen LogP contribution in [0.25, 0.3) is 10.3 Å². The lowest BCUT2D eigenvalue weighted by molar-refractivity contribution is 0.0921. The lowest BCUT2D eigenvalue weighted by Gasteiger charge is -2.24. The normalized spacial score (nSPS) is 15.1. The molecular weight excluding hydrogens is 496 g/mol. The Kier molecular flexibility index (Phi) is 7.32. The lowest BCUT2D eigenvalue weighted by atomic mass is 10.1. The molecule has 3 heterocycles. The van der Waals surface area contributed by atoms with Gasteiger partial charge in [0.05, 0.1) is 11.6 Å². The van der Waals surface area contributed by atoms with Crippen molar-refractivity contribution in [3.63, 3.8) is 0 Å². The first kappa shape index (κ1) is 26.1. The van der Waals surface area contributed by atoms with E-state index >= 15 is 0 Å². The number of amides is 2. The molecule has 1 atom stereocenters. The van der Waals surface area contributed by atoms with E-state index in [-0.39, 0.29) is 17.9 Å². The second-order valence-electron chi connectivity index (χ2n) is 10.9. The molecule has 38 heavy (non-hydrogen) atoms. The number of aromatic nitrogens is 3. The number of rotatable bonds is 7. The zero-order valence-corrected chi connectivity index (χ0v) is 23.1. The van der Waals surface area contributed by atoms with Crippen LogP contribution in [0.15, 0.2) is 54.6 Å². The summed E-state index contributed by atoms with van der Waals surface area (Å²) < 4.78 is 2.43. The maximum absolute atomic E-state index is 13.7. The van der Waals surface area contributed by atoms with Gasteiger partial charge in [0.25, 0.3) is 11.8 Å². The Morgan fingerprint density at radius 2 is 1.68 bits per heavy atom. The van der Waals surface area contributed by atoms with Gasteiger partial charge in [-0.1, -0.05) is 59.4 Å². The molecule has 1 aliphatic rings. The Bertz CT molecular complexity index is 1430. The second kappa shape index (κ2) is 10.7. The van der Waals surface area contributed by atoms with Crippen LogP contribution in [0.3, 0.4) is 0 Å². The molecule has 2 N–H and O–H groups in total. The summed E-state index contributed by atoms with van der Waals surface area (Å²) in [6.07, 6.45) is 2.37. The summed E-state index contributed by atoms with van der Waals surface area (Å²) in [6, 6.07) is 17.3. The van der Waals surface area contributed by atoms with Crippen molar-refractivity contribution in [3.8, 4) is 0 Å². The minimum atomic E-state index is -0.405. The summed E-state index contributed by atoms with van der Waals surface area (Å²) in [5.41, 5.74) is 3.21. The third kappa shape index (κ3) is 5.63. The maximum Gasteiger partial charge on any atom is 0.273 e. The van der Waals surface area contributed by atoms with Gasteiger partial charge < -0.3 is 10.2 Å². The number of nitrogens with one attached hydrogen (secondary N) is 2. The van der Waals surface area contributed by atoms with Gasteiger partial charge in [-0.05, 0) is 71.3 Å². The van der Waals surface area contributed by atoms with Crippen LogP contribution in [0.4, 0.5) is 5.13 Å². The number of aryl methyl sites for hydroxylation is 1. The third-order valence-electron chi connectivity index (χ3n) is 6.76. The third-order valence-corrected chi connectivity index (χ3v) is 7.72. The van der Waals surface area contributed by atoms with E-state index < -0.39 is 5.54 Å². The number of hydrogen-bond donors (Lipinski definition) is 2. The van der Waals surface area contributed by atoms with Crippen molar-refractivity contribution in [1.82, 2.24) is 25.0 Å². The lowest BCUT2D eigenvalue weighted by Crippen LogP contribution is -2.37. The zero-order chi connectivity index (χ0) is 26.9. The average Bonchev–Trinajstić information content (AvgIpc) is 3.61. The highest BCUT2D eigenvalue weighted by atomic mass is 32.1. The Labute approximate surface area is 227 Å². The molecule has 198 valence electrons. The number of carbonyl (C=O) groups is 2. The standard InChI is InChI=1S/C29H34N6O2S/c1-19-12-14-21(15-13-19)26(36)32-28-31-25-24(38-28)23(33-35(25)29(2,3)4)27(37)30-22(18-34-16-8-9-17-34)20-10-6-5-7-11-20/h5-7,10-15,22H,8-9,16-18H2,1-4H3,(H,30,37)(H,31,32,36)/t22-/m1/s1. The summed E-state index contributed by atoms with van der Waals surface area (Å²) in [4.78, 5) is 33.6. The van der Waals surface area contributed by atoms with E-state index in [1.807, 2.05) is 58.0 Å².